The van der Waals surface area contributed by atoms with E-state index < -0.39 is 0 Å². The zero-order valence-corrected chi connectivity index (χ0v) is 38.2. The average Bonchev–Trinajstić information content (AvgIpc) is 3.99. The SMILES string of the molecule is c1ccc(-c2ccc(N(c3ccc(-c4cccc(-c5ccco5)c4)cc3)c3ccc4c5ccccc5c5ccccc5c5ccccc5c5c(cc6ccc7cccc8ccc5c6c78)c4c3)cc2)cc1. The number of nitrogens with zero attached hydrogens (tertiary/aromatic N) is 1. The van der Waals surface area contributed by atoms with Crippen LogP contribution in [0.2, 0.25) is 0 Å². The second-order valence-electron chi connectivity index (χ2n) is 18.4. The van der Waals surface area contributed by atoms with E-state index in [9.17, 15) is 0 Å². The summed E-state index contributed by atoms with van der Waals surface area (Å²) < 4.78 is 5.78. The van der Waals surface area contributed by atoms with Crippen LogP contribution in [0.15, 0.2) is 265 Å². The molecule has 70 heavy (non-hydrogen) atoms. The number of rotatable bonds is 6. The highest BCUT2D eigenvalue weighted by Crippen LogP contribution is 2.46. The van der Waals surface area contributed by atoms with Gasteiger partial charge in [-0.05, 0) is 169 Å². The highest BCUT2D eigenvalue weighted by atomic mass is 16.3. The summed E-state index contributed by atoms with van der Waals surface area (Å²) in [6.07, 6.45) is 1.73. The zero-order valence-electron chi connectivity index (χ0n) is 38.2. The topological polar surface area (TPSA) is 16.4 Å². The molecule has 14 aromatic rings. The summed E-state index contributed by atoms with van der Waals surface area (Å²) in [5, 5.41) is 19.7. The van der Waals surface area contributed by atoms with Gasteiger partial charge in [0.2, 0.25) is 0 Å². The van der Waals surface area contributed by atoms with Gasteiger partial charge < -0.3 is 9.32 Å². The molecule has 0 bridgehead atoms. The van der Waals surface area contributed by atoms with Crippen molar-refractivity contribution >= 4 is 103 Å². The lowest BCUT2D eigenvalue weighted by atomic mass is 9.88. The summed E-state index contributed by atoms with van der Waals surface area (Å²) in [7, 11) is 0. The van der Waals surface area contributed by atoms with Crippen molar-refractivity contribution < 1.29 is 4.42 Å². The van der Waals surface area contributed by atoms with Gasteiger partial charge >= 0.3 is 0 Å². The third-order valence-electron chi connectivity index (χ3n) is 14.5. The van der Waals surface area contributed by atoms with E-state index in [1.807, 2.05) is 12.1 Å². The molecule has 1 aromatic heterocycles. The Morgan fingerprint density at radius 3 is 1.36 bits per heavy atom. The molecule has 2 nitrogen and oxygen atoms in total. The molecule has 0 aliphatic rings. The van der Waals surface area contributed by atoms with Gasteiger partial charge in [-0.3, -0.25) is 0 Å². The predicted molar refractivity (Wildman–Crippen MR) is 299 cm³/mol. The van der Waals surface area contributed by atoms with Gasteiger partial charge in [-0.25, -0.2) is 0 Å². The minimum absolute atomic E-state index is 0.858. The van der Waals surface area contributed by atoms with Crippen LogP contribution in [-0.4, -0.2) is 0 Å². The largest absolute Gasteiger partial charge is 0.464 e. The molecule has 0 amide bonds. The van der Waals surface area contributed by atoms with Gasteiger partial charge in [0.1, 0.15) is 5.76 Å². The molecular weight excluding hydrogens is 847 g/mol. The van der Waals surface area contributed by atoms with Crippen LogP contribution < -0.4 is 4.90 Å². The maximum absolute atomic E-state index is 5.78. The molecule has 0 fully saturated rings. The molecule has 14 rings (SSSR count). The van der Waals surface area contributed by atoms with Crippen LogP contribution in [0, 0.1) is 0 Å². The van der Waals surface area contributed by atoms with E-state index in [1.54, 1.807) is 6.26 Å². The minimum Gasteiger partial charge on any atom is -0.464 e. The second kappa shape index (κ2) is 16.2. The van der Waals surface area contributed by atoms with Crippen molar-refractivity contribution in [2.24, 2.45) is 0 Å². The van der Waals surface area contributed by atoms with Crippen molar-refractivity contribution in [3.8, 4) is 33.6 Å². The highest BCUT2D eigenvalue weighted by molar-refractivity contribution is 6.36. The maximum atomic E-state index is 5.78. The van der Waals surface area contributed by atoms with Crippen LogP contribution >= 0.6 is 0 Å². The predicted octanol–water partition coefficient (Wildman–Crippen LogP) is 19.5. The Hall–Kier alpha value is -9.24. The quantitative estimate of drug-likeness (QED) is 0.155. The molecule has 0 unspecified atom stereocenters. The Morgan fingerprint density at radius 1 is 0.229 bits per heavy atom. The summed E-state index contributed by atoms with van der Waals surface area (Å²) in [5.74, 6) is 0.858. The summed E-state index contributed by atoms with van der Waals surface area (Å²) in [5.41, 5.74) is 8.89. The molecule has 13 aromatic carbocycles. The standard InChI is InChI=1S/C68H43NO/c1-2-13-44(14-3-1)45-28-33-52(34-29-45)69(53-35-30-46(31-36-53)49-17-11-18-50(41-49)65-25-12-40-70-65)54-37-39-60-58-22-7-5-20-56(58)55-19-4-6-21-57(55)59-23-8-9-24-61(59)68-62-38-32-48-16-10-15-47-26-27-51(67(62)66(47)48)42-64(68)63(60)43-54/h1-43H. The molecule has 0 aliphatic carbocycles. The van der Waals surface area contributed by atoms with Crippen LogP contribution in [0.5, 0.6) is 0 Å². The molecule has 0 N–H and O–H groups in total. The van der Waals surface area contributed by atoms with Gasteiger partial charge in [-0.2, -0.15) is 0 Å². The average molecular weight is 890 g/mol. The Balaban J connectivity index is 1.09. The van der Waals surface area contributed by atoms with Crippen molar-refractivity contribution in [1.29, 1.82) is 0 Å². The Kier molecular flexibility index (Phi) is 9.25. The van der Waals surface area contributed by atoms with Crippen molar-refractivity contribution in [3.05, 3.63) is 261 Å². The van der Waals surface area contributed by atoms with E-state index >= 15 is 0 Å². The summed E-state index contributed by atoms with van der Waals surface area (Å²) in [4.78, 5) is 2.41. The first-order valence-electron chi connectivity index (χ1n) is 24.1. The third-order valence-corrected chi connectivity index (χ3v) is 14.5. The van der Waals surface area contributed by atoms with Gasteiger partial charge in [0, 0.05) is 22.6 Å². The van der Waals surface area contributed by atoms with Crippen LogP contribution in [0.1, 0.15) is 0 Å². The number of hydrogen-bond acceptors (Lipinski definition) is 2. The van der Waals surface area contributed by atoms with E-state index in [2.05, 4.69) is 248 Å². The number of anilines is 3. The van der Waals surface area contributed by atoms with Crippen molar-refractivity contribution in [2.45, 2.75) is 0 Å². The molecule has 2 heteroatoms. The summed E-state index contributed by atoms with van der Waals surface area (Å²) in [6, 6.07) is 93.7. The minimum atomic E-state index is 0.858. The zero-order chi connectivity index (χ0) is 46.1. The van der Waals surface area contributed by atoms with Gasteiger partial charge in [-0.1, -0.05) is 194 Å². The second-order valence-corrected chi connectivity index (χ2v) is 18.4. The van der Waals surface area contributed by atoms with Crippen LogP contribution in [0.4, 0.5) is 17.1 Å². The molecule has 326 valence electrons. The number of furan rings is 1. The normalized spacial score (nSPS) is 11.7. The van der Waals surface area contributed by atoms with Crippen molar-refractivity contribution in [3.63, 3.8) is 0 Å². The molecule has 0 saturated carbocycles. The molecule has 0 saturated heterocycles. The maximum Gasteiger partial charge on any atom is 0.133 e. The molecule has 0 atom stereocenters. The van der Waals surface area contributed by atoms with Crippen molar-refractivity contribution in [2.75, 3.05) is 4.90 Å². The number of hydrogen-bond donors (Lipinski definition) is 0. The summed E-state index contributed by atoms with van der Waals surface area (Å²) >= 11 is 0. The number of fused-ring (bicyclic) bond motifs is 11. The van der Waals surface area contributed by atoms with Gasteiger partial charge in [-0.15, -0.1) is 0 Å². The molecule has 0 spiro atoms. The lowest BCUT2D eigenvalue weighted by molar-refractivity contribution is 0.582. The van der Waals surface area contributed by atoms with Crippen LogP contribution in [0.25, 0.3) is 120 Å². The van der Waals surface area contributed by atoms with Gasteiger partial charge in [0.15, 0.2) is 0 Å². The first-order chi connectivity index (χ1) is 34.7. The third kappa shape index (κ3) is 6.49. The molecule has 0 radical (unpaired) electrons. The fraction of sp³-hybridized carbons (Fsp3) is 0. The Labute approximate surface area is 405 Å². The first kappa shape index (κ1) is 39.9. The van der Waals surface area contributed by atoms with Crippen LogP contribution in [-0.2, 0) is 0 Å². The molecule has 1 heterocycles. The Morgan fingerprint density at radius 2 is 0.714 bits per heavy atom. The van der Waals surface area contributed by atoms with E-state index in [0.717, 1.165) is 39.5 Å². The van der Waals surface area contributed by atoms with Crippen molar-refractivity contribution in [1.82, 2.24) is 0 Å². The lowest BCUT2D eigenvalue weighted by Gasteiger charge is -2.26. The Bertz CT molecular complexity index is 4370. The number of benzene rings is 12. The lowest BCUT2D eigenvalue weighted by Crippen LogP contribution is -2.09. The van der Waals surface area contributed by atoms with E-state index in [1.165, 1.54) is 97.3 Å². The fourth-order valence-electron chi connectivity index (χ4n) is 11.3. The first-order valence-corrected chi connectivity index (χ1v) is 24.1. The molecule has 0 aliphatic heterocycles. The fourth-order valence-corrected chi connectivity index (χ4v) is 11.3. The van der Waals surface area contributed by atoms with Gasteiger partial charge in [0.25, 0.3) is 0 Å². The monoisotopic (exact) mass is 889 g/mol. The van der Waals surface area contributed by atoms with E-state index in [4.69, 9.17) is 4.42 Å². The molecular formula is C68H43NO. The van der Waals surface area contributed by atoms with E-state index in [0.29, 0.717) is 0 Å². The van der Waals surface area contributed by atoms with E-state index in [-0.39, 0.29) is 0 Å². The van der Waals surface area contributed by atoms with Gasteiger partial charge in [0.05, 0.1) is 6.26 Å². The highest BCUT2D eigenvalue weighted by Gasteiger charge is 2.19. The summed E-state index contributed by atoms with van der Waals surface area (Å²) in [6.45, 7) is 0. The van der Waals surface area contributed by atoms with Crippen LogP contribution in [0.3, 0.4) is 0 Å². The smallest absolute Gasteiger partial charge is 0.133 e.